The summed E-state index contributed by atoms with van der Waals surface area (Å²) >= 11 is 11.8. The van der Waals surface area contributed by atoms with Crippen LogP contribution in [0.3, 0.4) is 0 Å². The zero-order valence-corrected chi connectivity index (χ0v) is 16.9. The lowest BCUT2D eigenvalue weighted by Crippen LogP contribution is -2.17. The second-order valence-electron chi connectivity index (χ2n) is 6.17. The molecule has 0 aliphatic rings. The average Bonchev–Trinajstić information content (AvgIpc) is 2.69. The van der Waals surface area contributed by atoms with Gasteiger partial charge in [-0.3, -0.25) is 4.79 Å². The first-order valence-corrected chi connectivity index (χ1v) is 9.14. The molecule has 0 saturated heterocycles. The van der Waals surface area contributed by atoms with Crippen molar-refractivity contribution in [3.63, 3.8) is 0 Å². The van der Waals surface area contributed by atoms with Crippen LogP contribution in [0.15, 0.2) is 48.9 Å². The van der Waals surface area contributed by atoms with Crippen molar-refractivity contribution < 1.29 is 35.9 Å². The minimum Gasteiger partial charge on any atom is -0.436 e. The van der Waals surface area contributed by atoms with Gasteiger partial charge in [0, 0.05) is 23.0 Å². The molecule has 13 heteroatoms. The Kier molecular flexibility index (Phi) is 6.51. The molecule has 32 heavy (non-hydrogen) atoms. The van der Waals surface area contributed by atoms with Gasteiger partial charge in [0.25, 0.3) is 5.91 Å². The number of nitrogens with one attached hydrogen (secondary N) is 1. The van der Waals surface area contributed by atoms with E-state index in [1.807, 2.05) is 5.32 Å². The van der Waals surface area contributed by atoms with Gasteiger partial charge in [0.05, 0.1) is 16.1 Å². The van der Waals surface area contributed by atoms with Crippen molar-refractivity contribution in [2.24, 2.45) is 0 Å². The fraction of sp³-hybridized carbons (Fsp3) is 0.105. The molecule has 3 aromatic rings. The number of halogens is 8. The third-order valence-electron chi connectivity index (χ3n) is 3.87. The summed E-state index contributed by atoms with van der Waals surface area (Å²) in [6.07, 6.45) is -8.17. The molecule has 1 amide bonds. The number of carbonyl (C=O) groups is 1. The van der Waals surface area contributed by atoms with Crippen LogP contribution in [0.2, 0.25) is 10.0 Å². The number of hydrogen-bond donors (Lipinski definition) is 1. The maximum absolute atomic E-state index is 13.0. The normalized spacial score (nSPS) is 11.9. The Bertz CT molecular complexity index is 1140. The van der Waals surface area contributed by atoms with E-state index in [1.54, 1.807) is 0 Å². The van der Waals surface area contributed by atoms with E-state index in [4.69, 9.17) is 27.9 Å². The summed E-state index contributed by atoms with van der Waals surface area (Å²) in [5.74, 6) is -1.47. The number of benzene rings is 2. The summed E-state index contributed by atoms with van der Waals surface area (Å²) in [7, 11) is 0. The van der Waals surface area contributed by atoms with Crippen LogP contribution in [-0.2, 0) is 12.4 Å². The largest absolute Gasteiger partial charge is 0.436 e. The van der Waals surface area contributed by atoms with Gasteiger partial charge in [-0.05, 0) is 30.3 Å². The van der Waals surface area contributed by atoms with Gasteiger partial charge in [-0.15, -0.1) is 0 Å². The lowest BCUT2D eigenvalue weighted by Gasteiger charge is -2.15. The fourth-order valence-electron chi connectivity index (χ4n) is 2.44. The van der Waals surface area contributed by atoms with E-state index in [0.29, 0.717) is 12.1 Å². The molecule has 1 N–H and O–H groups in total. The zero-order valence-electron chi connectivity index (χ0n) is 15.4. The summed E-state index contributed by atoms with van der Waals surface area (Å²) < 4.78 is 83.6. The molecule has 168 valence electrons. The zero-order chi connectivity index (χ0) is 23.7. The Hall–Kier alpha value is -3.05. The number of carbonyl (C=O) groups excluding carboxylic acids is 1. The van der Waals surface area contributed by atoms with Crippen LogP contribution in [-0.4, -0.2) is 15.9 Å². The van der Waals surface area contributed by atoms with Crippen molar-refractivity contribution in [2.45, 2.75) is 12.4 Å². The van der Waals surface area contributed by atoms with Crippen molar-refractivity contribution in [3.05, 3.63) is 75.7 Å². The Balaban J connectivity index is 1.95. The summed E-state index contributed by atoms with van der Waals surface area (Å²) in [6, 6.07) is 4.86. The molecule has 0 spiro atoms. The molecule has 1 heterocycles. The first kappa shape index (κ1) is 23.6. The molecule has 0 aliphatic carbocycles. The van der Waals surface area contributed by atoms with Gasteiger partial charge in [-0.1, -0.05) is 23.2 Å². The summed E-state index contributed by atoms with van der Waals surface area (Å²) in [6.45, 7) is 0. The van der Waals surface area contributed by atoms with Gasteiger partial charge >= 0.3 is 12.4 Å². The maximum atomic E-state index is 13.0. The highest BCUT2D eigenvalue weighted by molar-refractivity contribution is 6.34. The molecule has 0 fully saturated rings. The highest BCUT2D eigenvalue weighted by Gasteiger charge is 2.37. The second-order valence-corrected chi connectivity index (χ2v) is 7.01. The van der Waals surface area contributed by atoms with Crippen LogP contribution in [0.1, 0.15) is 21.5 Å². The Morgan fingerprint density at radius 3 is 2.16 bits per heavy atom. The molecule has 0 radical (unpaired) electrons. The summed E-state index contributed by atoms with van der Waals surface area (Å²) in [5.41, 5.74) is -4.30. The van der Waals surface area contributed by atoms with E-state index >= 15 is 0 Å². The number of amides is 1. The van der Waals surface area contributed by atoms with E-state index in [2.05, 4.69) is 9.97 Å². The molecule has 0 atom stereocenters. The number of rotatable bonds is 4. The summed E-state index contributed by atoms with van der Waals surface area (Å²) in [5, 5.41) is 2.32. The summed E-state index contributed by atoms with van der Waals surface area (Å²) in [4.78, 5) is 20.0. The minimum absolute atomic E-state index is 0.00495. The van der Waals surface area contributed by atoms with Gasteiger partial charge in [0.1, 0.15) is 17.6 Å². The molecule has 5 nitrogen and oxygen atoms in total. The van der Waals surface area contributed by atoms with E-state index in [9.17, 15) is 31.1 Å². The highest BCUT2D eigenvalue weighted by Crippen LogP contribution is 2.38. The minimum atomic E-state index is -5.08. The van der Waals surface area contributed by atoms with Crippen molar-refractivity contribution in [1.82, 2.24) is 9.97 Å². The predicted molar refractivity (Wildman–Crippen MR) is 103 cm³/mol. The Morgan fingerprint density at radius 1 is 0.938 bits per heavy atom. The van der Waals surface area contributed by atoms with Gasteiger partial charge in [0.15, 0.2) is 0 Å². The van der Waals surface area contributed by atoms with Crippen molar-refractivity contribution in [1.29, 1.82) is 0 Å². The van der Waals surface area contributed by atoms with Crippen LogP contribution < -0.4 is 10.1 Å². The SMILES string of the molecule is O=C(Nc1cc(C(F)(F)F)cc(C(F)(F)F)c1)c1cncnc1Oc1cc(Cl)ccc1Cl. The molecular weight excluding hydrogens is 487 g/mol. The van der Waals surface area contributed by atoms with E-state index < -0.39 is 35.1 Å². The van der Waals surface area contributed by atoms with Crippen molar-refractivity contribution in [2.75, 3.05) is 5.32 Å². The first-order valence-electron chi connectivity index (χ1n) is 8.38. The van der Waals surface area contributed by atoms with Crippen LogP contribution in [0.25, 0.3) is 0 Å². The lowest BCUT2D eigenvalue weighted by atomic mass is 10.1. The van der Waals surface area contributed by atoms with E-state index in [0.717, 1.165) is 12.5 Å². The van der Waals surface area contributed by atoms with Gasteiger partial charge in [-0.25, -0.2) is 9.97 Å². The third-order valence-corrected chi connectivity index (χ3v) is 4.41. The smallest absolute Gasteiger partial charge is 0.416 e. The van der Waals surface area contributed by atoms with Gasteiger partial charge in [-0.2, -0.15) is 26.3 Å². The topological polar surface area (TPSA) is 64.1 Å². The molecular formula is C19H9Cl2F6N3O2. The number of alkyl halides is 6. The second kappa shape index (κ2) is 8.83. The first-order chi connectivity index (χ1) is 14.8. The average molecular weight is 496 g/mol. The predicted octanol–water partition coefficient (Wildman–Crippen LogP) is 6.87. The standard InChI is InChI=1S/C19H9Cl2F6N3O2/c20-11-1-2-14(21)15(6-11)32-17-13(7-28-8-29-17)16(31)30-12-4-9(18(22,23)24)3-10(5-12)19(25,26)27/h1-8H,(H,30,31). The number of anilines is 1. The molecule has 1 aromatic heterocycles. The maximum Gasteiger partial charge on any atom is 0.416 e. The third kappa shape index (κ3) is 5.60. The monoisotopic (exact) mass is 495 g/mol. The number of ether oxygens (including phenoxy) is 1. The number of nitrogens with zero attached hydrogens (tertiary/aromatic N) is 2. The van der Waals surface area contributed by atoms with E-state index in [-0.39, 0.29) is 33.3 Å². The highest BCUT2D eigenvalue weighted by atomic mass is 35.5. The van der Waals surface area contributed by atoms with Gasteiger partial charge in [0.2, 0.25) is 5.88 Å². The molecule has 0 unspecified atom stereocenters. The molecule has 0 bridgehead atoms. The molecule has 3 rings (SSSR count). The van der Waals surface area contributed by atoms with Crippen LogP contribution >= 0.6 is 23.2 Å². The fourth-order valence-corrected chi connectivity index (χ4v) is 2.76. The molecule has 2 aromatic carbocycles. The van der Waals surface area contributed by atoms with Crippen LogP contribution in [0.5, 0.6) is 11.6 Å². The number of hydrogen-bond acceptors (Lipinski definition) is 4. The quantitative estimate of drug-likeness (QED) is 0.401. The van der Waals surface area contributed by atoms with Crippen molar-refractivity contribution >= 4 is 34.8 Å². The number of aromatic nitrogens is 2. The molecule has 0 saturated carbocycles. The lowest BCUT2D eigenvalue weighted by molar-refractivity contribution is -0.143. The van der Waals surface area contributed by atoms with Gasteiger partial charge < -0.3 is 10.1 Å². The Morgan fingerprint density at radius 2 is 1.56 bits per heavy atom. The molecule has 0 aliphatic heterocycles. The van der Waals surface area contributed by atoms with Crippen LogP contribution in [0, 0.1) is 0 Å². The Labute approximate surface area is 186 Å². The van der Waals surface area contributed by atoms with E-state index in [1.165, 1.54) is 18.2 Å². The van der Waals surface area contributed by atoms with Crippen molar-refractivity contribution in [3.8, 4) is 11.6 Å². The van der Waals surface area contributed by atoms with Crippen LogP contribution in [0.4, 0.5) is 32.0 Å².